The minimum atomic E-state index is -0.402. The first kappa shape index (κ1) is 28.3. The normalized spacial score (nSPS) is 11.6. The van der Waals surface area contributed by atoms with Gasteiger partial charge in [-0.3, -0.25) is 9.59 Å². The average molecular weight is 426 g/mol. The molecule has 174 valence electrons. The molecule has 0 heterocycles. The third-order valence-corrected chi connectivity index (χ3v) is 5.32. The SMILES string of the molecule is C=C(C)C(=O)OCCCC(=O)CCCN(C)CCN(C)CCNC(=O)C(C)(C)CC. The number of likely N-dealkylation sites (N-methyl/N-ethyl adjacent to an activating group) is 2. The highest BCUT2D eigenvalue weighted by Crippen LogP contribution is 2.19. The van der Waals surface area contributed by atoms with Crippen molar-refractivity contribution in [1.29, 1.82) is 0 Å². The van der Waals surface area contributed by atoms with Gasteiger partial charge in [-0.05, 0) is 46.8 Å². The Morgan fingerprint density at radius 3 is 2.10 bits per heavy atom. The van der Waals surface area contributed by atoms with Crippen LogP contribution in [0.15, 0.2) is 12.2 Å². The zero-order valence-electron chi connectivity index (χ0n) is 20.0. The summed E-state index contributed by atoms with van der Waals surface area (Å²) in [5, 5.41) is 3.01. The predicted molar refractivity (Wildman–Crippen MR) is 121 cm³/mol. The van der Waals surface area contributed by atoms with Gasteiger partial charge in [0.05, 0.1) is 6.61 Å². The molecule has 0 aliphatic carbocycles. The summed E-state index contributed by atoms with van der Waals surface area (Å²) in [4.78, 5) is 39.7. The van der Waals surface area contributed by atoms with E-state index in [4.69, 9.17) is 4.74 Å². The quantitative estimate of drug-likeness (QED) is 0.219. The standard InChI is InChI=1S/C23H43N3O4/c1-8-23(4,5)22(29)24-13-15-26(7)17-16-25(6)14-9-11-20(27)12-10-18-30-21(28)19(2)3/h2,8-18H2,1,3-7H3,(H,24,29). The first-order valence-electron chi connectivity index (χ1n) is 11.0. The van der Waals surface area contributed by atoms with Crippen LogP contribution in [0.5, 0.6) is 0 Å². The molecule has 1 N–H and O–H groups in total. The van der Waals surface area contributed by atoms with Gasteiger partial charge in [0.1, 0.15) is 5.78 Å². The molecule has 0 bridgehead atoms. The van der Waals surface area contributed by atoms with E-state index in [-0.39, 0.29) is 23.7 Å². The highest BCUT2D eigenvalue weighted by Gasteiger charge is 2.24. The number of esters is 1. The lowest BCUT2D eigenvalue weighted by Gasteiger charge is -2.24. The van der Waals surface area contributed by atoms with Gasteiger partial charge in [-0.2, -0.15) is 0 Å². The molecule has 0 aromatic rings. The molecule has 0 atom stereocenters. The summed E-state index contributed by atoms with van der Waals surface area (Å²) in [7, 11) is 4.11. The number of nitrogens with one attached hydrogen (secondary N) is 1. The molecule has 0 fully saturated rings. The predicted octanol–water partition coefficient (Wildman–Crippen LogP) is 2.65. The zero-order chi connectivity index (χ0) is 23.2. The van der Waals surface area contributed by atoms with Crippen molar-refractivity contribution in [2.75, 3.05) is 53.4 Å². The molecule has 7 nitrogen and oxygen atoms in total. The van der Waals surface area contributed by atoms with E-state index in [1.165, 1.54) is 0 Å². The Bertz CT molecular complexity index is 561. The van der Waals surface area contributed by atoms with Gasteiger partial charge in [-0.15, -0.1) is 0 Å². The molecule has 0 saturated carbocycles. The smallest absolute Gasteiger partial charge is 0.333 e. The molecular formula is C23H43N3O4. The second-order valence-corrected chi connectivity index (χ2v) is 8.76. The molecule has 0 unspecified atom stereocenters. The summed E-state index contributed by atoms with van der Waals surface area (Å²) in [6, 6.07) is 0. The van der Waals surface area contributed by atoms with Gasteiger partial charge in [0.25, 0.3) is 0 Å². The van der Waals surface area contributed by atoms with Gasteiger partial charge in [0.2, 0.25) is 5.91 Å². The number of amides is 1. The number of ether oxygens (including phenoxy) is 1. The van der Waals surface area contributed by atoms with Crippen LogP contribution in [0.3, 0.4) is 0 Å². The molecule has 0 aliphatic rings. The third kappa shape index (κ3) is 13.5. The van der Waals surface area contributed by atoms with E-state index in [0.29, 0.717) is 31.4 Å². The molecule has 7 heteroatoms. The molecule has 0 saturated heterocycles. The fraction of sp³-hybridized carbons (Fsp3) is 0.783. The summed E-state index contributed by atoms with van der Waals surface area (Å²) >= 11 is 0. The maximum atomic E-state index is 12.1. The lowest BCUT2D eigenvalue weighted by molar-refractivity contribution is -0.139. The Labute approximate surface area is 183 Å². The van der Waals surface area contributed by atoms with Crippen LogP contribution in [0, 0.1) is 5.41 Å². The lowest BCUT2D eigenvalue weighted by atomic mass is 9.89. The first-order chi connectivity index (χ1) is 14.0. The van der Waals surface area contributed by atoms with Gasteiger partial charge in [-0.1, -0.05) is 27.4 Å². The van der Waals surface area contributed by atoms with E-state index >= 15 is 0 Å². The van der Waals surface area contributed by atoms with Gasteiger partial charge >= 0.3 is 5.97 Å². The van der Waals surface area contributed by atoms with E-state index in [1.807, 2.05) is 20.8 Å². The number of ketones is 1. The minimum absolute atomic E-state index is 0.106. The van der Waals surface area contributed by atoms with Crippen LogP contribution in [0.2, 0.25) is 0 Å². The first-order valence-corrected chi connectivity index (χ1v) is 11.0. The van der Waals surface area contributed by atoms with Gasteiger partial charge in [0, 0.05) is 50.0 Å². The molecule has 0 aliphatic heterocycles. The van der Waals surface area contributed by atoms with Crippen LogP contribution in [-0.2, 0) is 19.1 Å². The van der Waals surface area contributed by atoms with Gasteiger partial charge in [-0.25, -0.2) is 4.79 Å². The molecule has 30 heavy (non-hydrogen) atoms. The highest BCUT2D eigenvalue weighted by molar-refractivity contribution is 5.87. The molecular weight excluding hydrogens is 382 g/mol. The molecule has 0 aromatic carbocycles. The van der Waals surface area contributed by atoms with E-state index in [1.54, 1.807) is 6.92 Å². The Morgan fingerprint density at radius 1 is 0.967 bits per heavy atom. The summed E-state index contributed by atoms with van der Waals surface area (Å²) < 4.78 is 4.99. The van der Waals surface area contributed by atoms with Crippen molar-refractivity contribution in [3.63, 3.8) is 0 Å². The third-order valence-electron chi connectivity index (χ3n) is 5.32. The van der Waals surface area contributed by atoms with Crippen molar-refractivity contribution in [1.82, 2.24) is 15.1 Å². The average Bonchev–Trinajstić information content (AvgIpc) is 2.69. The minimum Gasteiger partial charge on any atom is -0.462 e. The van der Waals surface area contributed by atoms with Gasteiger partial charge in [0.15, 0.2) is 0 Å². The van der Waals surface area contributed by atoms with Crippen LogP contribution in [-0.4, -0.2) is 80.9 Å². The summed E-state index contributed by atoms with van der Waals surface area (Å²) in [5.74, 6) is -0.0898. The van der Waals surface area contributed by atoms with Crippen molar-refractivity contribution in [3.05, 3.63) is 12.2 Å². The monoisotopic (exact) mass is 425 g/mol. The number of carbonyl (C=O) groups is 3. The molecule has 0 radical (unpaired) electrons. The summed E-state index contributed by atoms with van der Waals surface area (Å²) in [5.41, 5.74) is 0.0610. The number of nitrogens with zero attached hydrogens (tertiary/aromatic N) is 2. The summed E-state index contributed by atoms with van der Waals surface area (Å²) in [6.07, 6.45) is 3.20. The van der Waals surface area contributed by atoms with E-state index in [9.17, 15) is 14.4 Å². The Morgan fingerprint density at radius 2 is 1.53 bits per heavy atom. The molecule has 1 amide bonds. The second-order valence-electron chi connectivity index (χ2n) is 8.76. The number of hydrogen-bond acceptors (Lipinski definition) is 6. The van der Waals surface area contributed by atoms with Crippen LogP contribution in [0.25, 0.3) is 0 Å². The maximum absolute atomic E-state index is 12.1. The van der Waals surface area contributed by atoms with E-state index < -0.39 is 5.97 Å². The molecule has 0 spiro atoms. The summed E-state index contributed by atoms with van der Waals surface area (Å²) in [6.45, 7) is 15.5. The number of rotatable bonds is 17. The maximum Gasteiger partial charge on any atom is 0.333 e. The van der Waals surface area contributed by atoms with Crippen molar-refractivity contribution in [2.24, 2.45) is 5.41 Å². The molecule has 0 rings (SSSR count). The number of hydrogen-bond donors (Lipinski definition) is 1. The number of Topliss-reactive ketones (excluding diaryl/α,β-unsaturated/α-hetero) is 1. The Balaban J connectivity index is 3.78. The van der Waals surface area contributed by atoms with Crippen LogP contribution in [0.1, 0.15) is 59.8 Å². The molecule has 0 aromatic heterocycles. The van der Waals surface area contributed by atoms with E-state index in [0.717, 1.165) is 39.0 Å². The fourth-order valence-electron chi connectivity index (χ4n) is 2.55. The van der Waals surface area contributed by atoms with Crippen molar-refractivity contribution >= 4 is 17.7 Å². The second kappa shape index (κ2) is 15.1. The largest absolute Gasteiger partial charge is 0.462 e. The Hall–Kier alpha value is -1.73. The van der Waals surface area contributed by atoms with Crippen LogP contribution >= 0.6 is 0 Å². The number of carbonyl (C=O) groups excluding carboxylic acids is 3. The topological polar surface area (TPSA) is 79.0 Å². The van der Waals surface area contributed by atoms with Crippen molar-refractivity contribution in [3.8, 4) is 0 Å². The van der Waals surface area contributed by atoms with Crippen LogP contribution < -0.4 is 5.32 Å². The van der Waals surface area contributed by atoms with Crippen molar-refractivity contribution < 1.29 is 19.1 Å². The lowest BCUT2D eigenvalue weighted by Crippen LogP contribution is -2.41. The zero-order valence-corrected chi connectivity index (χ0v) is 20.0. The fourth-order valence-corrected chi connectivity index (χ4v) is 2.55. The highest BCUT2D eigenvalue weighted by atomic mass is 16.5. The van der Waals surface area contributed by atoms with Crippen molar-refractivity contribution in [2.45, 2.75) is 59.8 Å². The van der Waals surface area contributed by atoms with Crippen LogP contribution in [0.4, 0.5) is 0 Å². The van der Waals surface area contributed by atoms with E-state index in [2.05, 4.69) is 35.8 Å². The Kier molecular flexibility index (Phi) is 14.3. The van der Waals surface area contributed by atoms with Gasteiger partial charge < -0.3 is 19.9 Å².